The van der Waals surface area contributed by atoms with Crippen molar-refractivity contribution < 1.29 is 17.5 Å². The molecular weight excluding hydrogens is 240 g/mol. The Balaban J connectivity index is 0.000000249. The molecule has 1 aromatic carbocycles. The van der Waals surface area contributed by atoms with Crippen molar-refractivity contribution in [3.8, 4) is 5.69 Å². The summed E-state index contributed by atoms with van der Waals surface area (Å²) in [5, 5.41) is 0. The second-order valence-electron chi connectivity index (χ2n) is 3.53. The second kappa shape index (κ2) is 5.60. The first kappa shape index (κ1) is 13.4. The fourth-order valence-electron chi connectivity index (χ4n) is 1.20. The summed E-state index contributed by atoms with van der Waals surface area (Å²) in [4.78, 5) is 0. The van der Waals surface area contributed by atoms with Crippen molar-refractivity contribution in [1.82, 2.24) is 4.57 Å². The molecule has 17 heavy (non-hydrogen) atoms. The minimum atomic E-state index is -3.92. The summed E-state index contributed by atoms with van der Waals surface area (Å²) >= 11 is 0. The van der Waals surface area contributed by atoms with Crippen molar-refractivity contribution in [1.29, 1.82) is 0 Å². The fourth-order valence-corrected chi connectivity index (χ4v) is 1.20. The van der Waals surface area contributed by atoms with Crippen LogP contribution in [0.3, 0.4) is 0 Å². The maximum atomic E-state index is 9.08. The predicted molar refractivity (Wildman–Crippen MR) is 62.6 cm³/mol. The number of imidazole rings is 1. The molecule has 1 aromatic heterocycles. The maximum absolute atomic E-state index is 9.08. The Bertz CT molecular complexity index is 553. The van der Waals surface area contributed by atoms with Crippen LogP contribution in [-0.4, -0.2) is 23.8 Å². The van der Waals surface area contributed by atoms with Crippen LogP contribution in [0, 0.1) is 0 Å². The molecule has 0 fully saturated rings. The van der Waals surface area contributed by atoms with Crippen molar-refractivity contribution in [2.75, 3.05) is 6.26 Å². The lowest BCUT2D eigenvalue weighted by atomic mass is 10.3. The van der Waals surface area contributed by atoms with E-state index in [-0.39, 0.29) is 0 Å². The van der Waals surface area contributed by atoms with Crippen LogP contribution in [0.1, 0.15) is 0 Å². The Kier molecular flexibility index (Phi) is 4.42. The fraction of sp³-hybridized carbons (Fsp3) is 0.182. The number of hydrogen-bond acceptors (Lipinski definition) is 3. The van der Waals surface area contributed by atoms with E-state index in [1.807, 2.05) is 48.5 Å². The zero-order valence-electron chi connectivity index (χ0n) is 9.65. The van der Waals surface area contributed by atoms with Gasteiger partial charge in [0.1, 0.15) is 18.1 Å². The van der Waals surface area contributed by atoms with Crippen LogP contribution in [-0.2, 0) is 17.2 Å². The van der Waals surface area contributed by atoms with Gasteiger partial charge in [0.05, 0.1) is 17.2 Å². The van der Waals surface area contributed by atoms with Gasteiger partial charge in [0.15, 0.2) is 0 Å². The van der Waals surface area contributed by atoms with E-state index in [4.69, 9.17) is 13.0 Å². The molecule has 0 amide bonds. The van der Waals surface area contributed by atoms with E-state index in [9.17, 15) is 0 Å². The first-order valence-electron chi connectivity index (χ1n) is 4.86. The molecule has 2 rings (SSSR count). The summed E-state index contributed by atoms with van der Waals surface area (Å²) in [7, 11) is -1.90. The molecule has 0 unspecified atom stereocenters. The highest BCUT2D eigenvalue weighted by atomic mass is 32.2. The van der Waals surface area contributed by atoms with Gasteiger partial charge in [-0.3, -0.25) is 0 Å². The number of hydrogen-bond donors (Lipinski definition) is 0. The molecule has 2 aromatic rings. The quantitative estimate of drug-likeness (QED) is 0.548. The molecule has 5 nitrogen and oxygen atoms in total. The van der Waals surface area contributed by atoms with E-state index < -0.39 is 10.1 Å². The van der Waals surface area contributed by atoms with Crippen molar-refractivity contribution in [3.05, 3.63) is 49.1 Å². The van der Waals surface area contributed by atoms with Crippen molar-refractivity contribution >= 4 is 10.1 Å². The number of aromatic nitrogens is 2. The summed E-state index contributed by atoms with van der Waals surface area (Å²) in [6.45, 7) is 0. The SMILES string of the molecule is CS(=O)(=O)[O-].Cn1cc[n+](-c2ccccc2)c1. The summed E-state index contributed by atoms with van der Waals surface area (Å²) in [6.07, 6.45) is 6.70. The Morgan fingerprint density at radius 2 is 1.76 bits per heavy atom. The highest BCUT2D eigenvalue weighted by Crippen LogP contribution is 1.96. The Hall–Kier alpha value is -1.66. The Morgan fingerprint density at radius 1 is 1.24 bits per heavy atom. The van der Waals surface area contributed by atoms with Gasteiger partial charge in [0.25, 0.3) is 0 Å². The molecule has 0 spiro atoms. The minimum absolute atomic E-state index is 0.604. The molecule has 92 valence electrons. The number of aryl methyl sites for hydroxylation is 1. The molecule has 1 heterocycles. The lowest BCUT2D eigenvalue weighted by Gasteiger charge is -1.91. The number of nitrogens with zero attached hydrogens (tertiary/aromatic N) is 2. The Labute approximate surface area is 101 Å². The van der Waals surface area contributed by atoms with Gasteiger partial charge >= 0.3 is 0 Å². The standard InChI is InChI=1S/C10H11N2.CH4O3S/c1-11-7-8-12(9-11)10-5-3-2-4-6-10;1-5(2,3)4/h2-9H,1H3;1H3,(H,2,3,4)/q+1;/p-1. The molecule has 0 aliphatic heterocycles. The first-order chi connectivity index (χ1) is 7.86. The highest BCUT2D eigenvalue weighted by Gasteiger charge is 2.00. The van der Waals surface area contributed by atoms with E-state index in [2.05, 4.69) is 16.7 Å². The van der Waals surface area contributed by atoms with Crippen LogP contribution in [0.15, 0.2) is 49.1 Å². The largest absolute Gasteiger partial charge is 0.748 e. The van der Waals surface area contributed by atoms with Crippen LogP contribution in [0.25, 0.3) is 5.69 Å². The summed E-state index contributed by atoms with van der Waals surface area (Å²) in [5.74, 6) is 0. The van der Waals surface area contributed by atoms with E-state index in [0.29, 0.717) is 6.26 Å². The van der Waals surface area contributed by atoms with Gasteiger partial charge in [-0.15, -0.1) is 0 Å². The number of para-hydroxylation sites is 1. The van der Waals surface area contributed by atoms with Gasteiger partial charge in [0, 0.05) is 6.26 Å². The molecule has 0 radical (unpaired) electrons. The Morgan fingerprint density at radius 3 is 2.18 bits per heavy atom. The summed E-state index contributed by atoms with van der Waals surface area (Å²) < 4.78 is 31.3. The first-order valence-corrected chi connectivity index (χ1v) is 6.67. The molecule has 0 aliphatic rings. The lowest BCUT2D eigenvalue weighted by molar-refractivity contribution is -0.595. The molecule has 0 bridgehead atoms. The average molecular weight is 254 g/mol. The van der Waals surface area contributed by atoms with E-state index in [1.54, 1.807) is 0 Å². The topological polar surface area (TPSA) is 66.0 Å². The predicted octanol–water partition coefficient (Wildman–Crippen LogP) is 0.463. The zero-order valence-corrected chi connectivity index (χ0v) is 10.5. The number of benzene rings is 1. The molecule has 0 saturated carbocycles. The summed E-state index contributed by atoms with van der Waals surface area (Å²) in [5.41, 5.74) is 1.19. The molecular formula is C11H14N2O3S. The van der Waals surface area contributed by atoms with E-state index in [1.165, 1.54) is 5.69 Å². The van der Waals surface area contributed by atoms with Gasteiger partial charge in [-0.25, -0.2) is 17.6 Å². The van der Waals surface area contributed by atoms with Crippen molar-refractivity contribution in [2.45, 2.75) is 0 Å². The smallest absolute Gasteiger partial charge is 0.248 e. The van der Waals surface area contributed by atoms with Crippen LogP contribution >= 0.6 is 0 Å². The monoisotopic (exact) mass is 254 g/mol. The van der Waals surface area contributed by atoms with E-state index >= 15 is 0 Å². The van der Waals surface area contributed by atoms with Crippen molar-refractivity contribution in [2.24, 2.45) is 7.05 Å². The molecule has 0 saturated heterocycles. The third-order valence-corrected chi connectivity index (χ3v) is 1.82. The average Bonchev–Trinajstić information content (AvgIpc) is 2.64. The van der Waals surface area contributed by atoms with Crippen LogP contribution < -0.4 is 4.57 Å². The second-order valence-corrected chi connectivity index (χ2v) is 4.93. The normalized spacial score (nSPS) is 10.5. The number of rotatable bonds is 1. The van der Waals surface area contributed by atoms with Gasteiger partial charge < -0.3 is 4.55 Å². The third kappa shape index (κ3) is 5.84. The molecule has 6 heteroatoms. The van der Waals surface area contributed by atoms with Gasteiger partial charge in [-0.1, -0.05) is 18.2 Å². The third-order valence-electron chi connectivity index (χ3n) is 1.82. The van der Waals surface area contributed by atoms with Gasteiger partial charge in [0.2, 0.25) is 6.33 Å². The maximum Gasteiger partial charge on any atom is 0.248 e. The van der Waals surface area contributed by atoms with Crippen LogP contribution in [0.2, 0.25) is 0 Å². The summed E-state index contributed by atoms with van der Waals surface area (Å²) in [6, 6.07) is 10.3. The van der Waals surface area contributed by atoms with Gasteiger partial charge in [-0.2, -0.15) is 0 Å². The molecule has 0 aliphatic carbocycles. The van der Waals surface area contributed by atoms with Crippen LogP contribution in [0.4, 0.5) is 0 Å². The van der Waals surface area contributed by atoms with Crippen LogP contribution in [0.5, 0.6) is 0 Å². The lowest BCUT2D eigenvalue weighted by Crippen LogP contribution is -2.26. The minimum Gasteiger partial charge on any atom is -0.748 e. The van der Waals surface area contributed by atoms with Crippen molar-refractivity contribution in [3.63, 3.8) is 0 Å². The van der Waals surface area contributed by atoms with Gasteiger partial charge in [-0.05, 0) is 12.1 Å². The van der Waals surface area contributed by atoms with E-state index in [0.717, 1.165) is 0 Å². The highest BCUT2D eigenvalue weighted by molar-refractivity contribution is 7.84. The molecule has 0 atom stereocenters. The zero-order chi connectivity index (χ0) is 12.9. The molecule has 0 N–H and O–H groups in total.